The van der Waals surface area contributed by atoms with Gasteiger partial charge in [-0.2, -0.15) is 9.78 Å². The lowest BCUT2D eigenvalue weighted by Gasteiger charge is -2.10. The molecule has 0 bridgehead atoms. The van der Waals surface area contributed by atoms with Gasteiger partial charge in [0, 0.05) is 10.4 Å². The summed E-state index contributed by atoms with van der Waals surface area (Å²) in [4.78, 5) is 31.3. The number of hydrogen-bond donors (Lipinski definition) is 0. The Balaban J connectivity index is 1.36. The number of aromatic nitrogens is 2. The Kier molecular flexibility index (Phi) is 6.22. The van der Waals surface area contributed by atoms with E-state index in [1.165, 1.54) is 29.4 Å². The number of benzene rings is 2. The molecule has 172 valence electrons. The molecule has 0 saturated carbocycles. The number of carbonyl (C=O) groups excluding carboxylic acids is 1. The van der Waals surface area contributed by atoms with Gasteiger partial charge in [-0.15, -0.1) is 11.3 Å². The summed E-state index contributed by atoms with van der Waals surface area (Å²) in [5.41, 5.74) is 3.15. The van der Waals surface area contributed by atoms with Crippen LogP contribution in [0.25, 0.3) is 10.2 Å². The summed E-state index contributed by atoms with van der Waals surface area (Å²) < 4.78 is 12.0. The van der Waals surface area contributed by atoms with Gasteiger partial charge in [-0.3, -0.25) is 4.79 Å². The predicted molar refractivity (Wildman–Crippen MR) is 132 cm³/mol. The van der Waals surface area contributed by atoms with Crippen molar-refractivity contribution in [3.63, 3.8) is 0 Å². The Hall–Kier alpha value is -3.78. The maximum Gasteiger partial charge on any atom is 0.337 e. The summed E-state index contributed by atoms with van der Waals surface area (Å²) in [7, 11) is 1.36. The molecule has 0 atom stereocenters. The Morgan fingerprint density at radius 1 is 1.15 bits per heavy atom. The second-order valence-corrected chi connectivity index (χ2v) is 9.13. The molecule has 0 spiro atoms. The average Bonchev–Trinajstić information content (AvgIpc) is 3.27. The summed E-state index contributed by atoms with van der Waals surface area (Å²) in [5.74, 6) is 0.262. The largest absolute Gasteiger partial charge is 0.488 e. The highest BCUT2D eigenvalue weighted by Crippen LogP contribution is 2.33. The fourth-order valence-corrected chi connectivity index (χ4v) is 5.30. The molecule has 0 saturated heterocycles. The van der Waals surface area contributed by atoms with Crippen LogP contribution in [0.2, 0.25) is 0 Å². The van der Waals surface area contributed by atoms with Crippen molar-refractivity contribution in [3.05, 3.63) is 92.3 Å². The number of ether oxygens (including phenoxy) is 2. The molecule has 0 N–H and O–H groups in total. The number of hydrogen-bond acceptors (Lipinski definition) is 7. The zero-order valence-electron chi connectivity index (χ0n) is 18.7. The fourth-order valence-electron chi connectivity index (χ4n) is 4.08. The van der Waals surface area contributed by atoms with E-state index in [0.717, 1.165) is 40.8 Å². The van der Waals surface area contributed by atoms with Crippen molar-refractivity contribution in [1.82, 2.24) is 9.66 Å². The van der Waals surface area contributed by atoms with E-state index in [1.807, 2.05) is 36.4 Å². The Morgan fingerprint density at radius 3 is 2.76 bits per heavy atom. The lowest BCUT2D eigenvalue weighted by atomic mass is 9.97. The Morgan fingerprint density at radius 2 is 1.94 bits per heavy atom. The van der Waals surface area contributed by atoms with Crippen LogP contribution in [0.5, 0.6) is 5.75 Å². The Labute approximate surface area is 200 Å². The van der Waals surface area contributed by atoms with Gasteiger partial charge in [0.2, 0.25) is 0 Å². The molecule has 5 rings (SSSR count). The first-order valence-electron chi connectivity index (χ1n) is 11.1. The van der Waals surface area contributed by atoms with Crippen molar-refractivity contribution >= 4 is 33.7 Å². The molecule has 34 heavy (non-hydrogen) atoms. The summed E-state index contributed by atoms with van der Waals surface area (Å²) in [6.45, 7) is 0.320. The number of methoxy groups -OCH3 is 1. The van der Waals surface area contributed by atoms with E-state index in [9.17, 15) is 9.59 Å². The van der Waals surface area contributed by atoms with E-state index >= 15 is 0 Å². The summed E-state index contributed by atoms with van der Waals surface area (Å²) in [6.07, 6.45) is 7.32. The van der Waals surface area contributed by atoms with Crippen LogP contribution < -0.4 is 10.3 Å². The van der Waals surface area contributed by atoms with Gasteiger partial charge in [0.15, 0.2) is 0 Å². The van der Waals surface area contributed by atoms with Gasteiger partial charge in [-0.25, -0.2) is 9.78 Å². The maximum atomic E-state index is 13.1. The molecule has 4 aromatic rings. The van der Waals surface area contributed by atoms with Gasteiger partial charge in [-0.05, 0) is 61.1 Å². The second-order valence-electron chi connectivity index (χ2n) is 8.04. The molecule has 2 aromatic carbocycles. The topological polar surface area (TPSA) is 82.8 Å². The number of aryl methyl sites for hydroxylation is 2. The minimum absolute atomic E-state index is 0.134. The third-order valence-corrected chi connectivity index (χ3v) is 7.07. The summed E-state index contributed by atoms with van der Waals surface area (Å²) >= 11 is 1.63. The number of carbonyl (C=O) groups is 1. The van der Waals surface area contributed by atoms with E-state index in [4.69, 9.17) is 9.47 Å². The number of fused-ring (bicyclic) bond motifs is 3. The maximum absolute atomic E-state index is 13.1. The molecule has 1 aliphatic rings. The molecule has 2 aromatic heterocycles. The highest BCUT2D eigenvalue weighted by molar-refractivity contribution is 7.18. The van der Waals surface area contributed by atoms with Crippen molar-refractivity contribution in [2.45, 2.75) is 32.3 Å². The van der Waals surface area contributed by atoms with Crippen molar-refractivity contribution in [3.8, 4) is 5.75 Å². The first-order valence-corrected chi connectivity index (χ1v) is 11.9. The molecule has 0 amide bonds. The smallest absolute Gasteiger partial charge is 0.337 e. The standard InChI is InChI=1S/C26H23N3O4S/c1-32-26(31)18-12-10-17(11-13-18)15-33-21-8-4-2-6-19(21)14-28-29-16-27-24-23(25(29)30)20-7-3-5-9-22(20)34-24/h2,4,6,8,10-14,16H,3,5,7,9,15H2,1H3. The highest BCUT2D eigenvalue weighted by Gasteiger charge is 2.19. The van der Waals surface area contributed by atoms with E-state index in [2.05, 4.69) is 10.1 Å². The number of nitrogens with zero attached hydrogens (tertiary/aromatic N) is 3. The van der Waals surface area contributed by atoms with Crippen LogP contribution in [-0.2, 0) is 24.2 Å². The van der Waals surface area contributed by atoms with Crippen LogP contribution in [0.1, 0.15) is 44.8 Å². The molecule has 7 nitrogen and oxygen atoms in total. The second kappa shape index (κ2) is 9.61. The SMILES string of the molecule is COC(=O)c1ccc(COc2ccccc2C=Nn2cnc3sc4c(c3c2=O)CCCC4)cc1. The van der Waals surface area contributed by atoms with Crippen LogP contribution in [0.3, 0.4) is 0 Å². The lowest BCUT2D eigenvalue weighted by molar-refractivity contribution is 0.0600. The lowest BCUT2D eigenvalue weighted by Crippen LogP contribution is -2.18. The molecule has 0 aliphatic heterocycles. The zero-order valence-corrected chi connectivity index (χ0v) is 19.5. The van der Waals surface area contributed by atoms with Gasteiger partial charge in [-0.1, -0.05) is 24.3 Å². The first kappa shape index (κ1) is 22.0. The van der Waals surface area contributed by atoms with Gasteiger partial charge in [0.05, 0.1) is 24.3 Å². The van der Waals surface area contributed by atoms with Crippen molar-refractivity contribution < 1.29 is 14.3 Å². The number of esters is 1. The quantitative estimate of drug-likeness (QED) is 0.302. The van der Waals surface area contributed by atoms with Crippen LogP contribution in [0, 0.1) is 0 Å². The monoisotopic (exact) mass is 473 g/mol. The third kappa shape index (κ3) is 4.36. The average molecular weight is 474 g/mol. The molecule has 0 unspecified atom stereocenters. The zero-order chi connectivity index (χ0) is 23.5. The molecule has 1 aliphatic carbocycles. The van der Waals surface area contributed by atoms with Crippen LogP contribution in [-0.4, -0.2) is 29.0 Å². The van der Waals surface area contributed by atoms with Crippen LogP contribution in [0.15, 0.2) is 64.8 Å². The van der Waals surface area contributed by atoms with Gasteiger partial charge in [0.1, 0.15) is 23.5 Å². The van der Waals surface area contributed by atoms with Gasteiger partial charge >= 0.3 is 5.97 Å². The van der Waals surface area contributed by atoms with E-state index in [0.29, 0.717) is 23.3 Å². The van der Waals surface area contributed by atoms with Crippen molar-refractivity contribution in [2.75, 3.05) is 7.11 Å². The number of para-hydroxylation sites is 1. The van der Waals surface area contributed by atoms with E-state index in [-0.39, 0.29) is 11.5 Å². The first-order chi connectivity index (χ1) is 16.6. The molecular formula is C26H23N3O4S. The normalized spacial score (nSPS) is 13.2. The van der Waals surface area contributed by atoms with Crippen LogP contribution in [0.4, 0.5) is 0 Å². The van der Waals surface area contributed by atoms with Crippen molar-refractivity contribution in [1.29, 1.82) is 0 Å². The third-order valence-electron chi connectivity index (χ3n) is 5.87. The van der Waals surface area contributed by atoms with E-state index < -0.39 is 0 Å². The molecule has 2 heterocycles. The van der Waals surface area contributed by atoms with Gasteiger partial charge in [0.25, 0.3) is 5.56 Å². The van der Waals surface area contributed by atoms with Crippen molar-refractivity contribution in [2.24, 2.45) is 5.10 Å². The molecule has 8 heteroatoms. The van der Waals surface area contributed by atoms with E-state index in [1.54, 1.807) is 29.7 Å². The minimum atomic E-state index is -0.375. The number of thiophene rings is 1. The van der Waals surface area contributed by atoms with Crippen LogP contribution >= 0.6 is 11.3 Å². The molecule has 0 fully saturated rings. The van der Waals surface area contributed by atoms with Gasteiger partial charge < -0.3 is 9.47 Å². The number of rotatable bonds is 6. The summed E-state index contributed by atoms with van der Waals surface area (Å²) in [6, 6.07) is 14.6. The highest BCUT2D eigenvalue weighted by atomic mass is 32.1. The molecular weight excluding hydrogens is 450 g/mol. The fraction of sp³-hybridized carbons (Fsp3) is 0.231. The minimum Gasteiger partial charge on any atom is -0.488 e. The summed E-state index contributed by atoms with van der Waals surface area (Å²) in [5, 5.41) is 5.11. The Bertz CT molecular complexity index is 1440. The molecule has 0 radical (unpaired) electrons. The predicted octanol–water partition coefficient (Wildman–Crippen LogP) is 4.58.